The zero-order valence-corrected chi connectivity index (χ0v) is 17.5. The van der Waals surface area contributed by atoms with Crippen LogP contribution in [0.2, 0.25) is 5.02 Å². The van der Waals surface area contributed by atoms with Crippen molar-refractivity contribution in [2.75, 3.05) is 0 Å². The monoisotopic (exact) mass is 435 g/mol. The number of aromatic amines is 1. The van der Waals surface area contributed by atoms with Crippen molar-refractivity contribution in [3.05, 3.63) is 80.0 Å². The van der Waals surface area contributed by atoms with Crippen LogP contribution in [-0.2, 0) is 0 Å². The quantitative estimate of drug-likeness (QED) is 0.509. The minimum absolute atomic E-state index is 0.0325. The average molecular weight is 436 g/mol. The molecule has 1 aromatic carbocycles. The van der Waals surface area contributed by atoms with Gasteiger partial charge >= 0.3 is 0 Å². The van der Waals surface area contributed by atoms with Crippen LogP contribution in [0.3, 0.4) is 0 Å². The second-order valence-corrected chi connectivity index (χ2v) is 7.69. The molecule has 8 nitrogen and oxygen atoms in total. The number of nitrogens with one attached hydrogen (secondary N) is 1. The summed E-state index contributed by atoms with van der Waals surface area (Å²) in [4.78, 5) is 48.5. The molecule has 0 spiro atoms. The number of fused-ring (bicyclic) bond motifs is 1. The molecule has 156 valence electrons. The van der Waals surface area contributed by atoms with Gasteiger partial charge in [-0.15, -0.1) is 0 Å². The Balaban J connectivity index is 2.10. The van der Waals surface area contributed by atoms with Crippen molar-refractivity contribution >= 4 is 28.7 Å². The molecule has 3 aromatic heterocycles. The first-order chi connectivity index (χ1) is 14.8. The van der Waals surface area contributed by atoms with Crippen molar-refractivity contribution in [1.82, 2.24) is 19.5 Å². The average Bonchev–Trinajstić information content (AvgIpc) is 2.75. The van der Waals surface area contributed by atoms with Crippen molar-refractivity contribution in [3.63, 3.8) is 0 Å². The third-order valence-corrected chi connectivity index (χ3v) is 5.07. The van der Waals surface area contributed by atoms with Crippen LogP contribution in [0.1, 0.15) is 30.4 Å². The number of carbonyl (C=O) groups excluding carboxylic acids is 1. The molecule has 1 amide bonds. The van der Waals surface area contributed by atoms with Gasteiger partial charge < -0.3 is 15.3 Å². The number of rotatable bonds is 4. The SMILES string of the molecule is CC(C)n1cc(-c2nc3c(=O)cc(C(N)=O)[nH]c3nc2-c2ccccc2)cc(Cl)c1=O. The number of hydrogen-bond donors (Lipinski definition) is 2. The zero-order chi connectivity index (χ0) is 22.3. The van der Waals surface area contributed by atoms with E-state index in [1.807, 2.05) is 44.2 Å². The van der Waals surface area contributed by atoms with Crippen LogP contribution < -0.4 is 16.7 Å². The summed E-state index contributed by atoms with van der Waals surface area (Å²) in [5.74, 6) is -0.776. The fourth-order valence-electron chi connectivity index (χ4n) is 3.27. The zero-order valence-electron chi connectivity index (χ0n) is 16.7. The highest BCUT2D eigenvalue weighted by atomic mass is 35.5. The van der Waals surface area contributed by atoms with Crippen molar-refractivity contribution in [1.29, 1.82) is 0 Å². The van der Waals surface area contributed by atoms with Gasteiger partial charge in [0, 0.05) is 29.4 Å². The fourth-order valence-corrected chi connectivity index (χ4v) is 3.48. The molecule has 0 unspecified atom stereocenters. The summed E-state index contributed by atoms with van der Waals surface area (Å²) in [5.41, 5.74) is 6.71. The van der Waals surface area contributed by atoms with Crippen LogP contribution in [0.4, 0.5) is 0 Å². The number of benzene rings is 1. The second kappa shape index (κ2) is 7.81. The Kier molecular flexibility index (Phi) is 5.16. The number of carbonyl (C=O) groups is 1. The molecular formula is C22H18ClN5O3. The lowest BCUT2D eigenvalue weighted by Gasteiger charge is -2.15. The number of nitrogens with zero attached hydrogens (tertiary/aromatic N) is 3. The van der Waals surface area contributed by atoms with Crippen molar-refractivity contribution in [2.45, 2.75) is 19.9 Å². The van der Waals surface area contributed by atoms with E-state index in [-0.39, 0.29) is 33.5 Å². The van der Waals surface area contributed by atoms with Crippen molar-refractivity contribution in [2.24, 2.45) is 5.73 Å². The van der Waals surface area contributed by atoms with Gasteiger partial charge in [-0.3, -0.25) is 14.4 Å². The summed E-state index contributed by atoms with van der Waals surface area (Å²) in [6, 6.07) is 11.7. The van der Waals surface area contributed by atoms with E-state index >= 15 is 0 Å². The maximum absolute atomic E-state index is 12.6. The van der Waals surface area contributed by atoms with E-state index in [0.29, 0.717) is 17.0 Å². The number of aromatic nitrogens is 4. The Hall–Kier alpha value is -3.78. The number of hydrogen-bond acceptors (Lipinski definition) is 5. The first kappa shape index (κ1) is 20.5. The topological polar surface area (TPSA) is 124 Å². The maximum atomic E-state index is 12.6. The van der Waals surface area contributed by atoms with Crippen LogP contribution >= 0.6 is 11.6 Å². The van der Waals surface area contributed by atoms with Gasteiger partial charge in [0.25, 0.3) is 11.5 Å². The predicted octanol–water partition coefficient (Wildman–Crippen LogP) is 3.15. The smallest absolute Gasteiger partial charge is 0.269 e. The molecular weight excluding hydrogens is 418 g/mol. The second-order valence-electron chi connectivity index (χ2n) is 7.28. The molecule has 0 radical (unpaired) electrons. The lowest BCUT2D eigenvalue weighted by molar-refractivity contribution is 0.0996. The van der Waals surface area contributed by atoms with E-state index in [9.17, 15) is 14.4 Å². The van der Waals surface area contributed by atoms with Crippen LogP contribution in [0.5, 0.6) is 0 Å². The molecule has 4 aromatic rings. The third kappa shape index (κ3) is 3.73. The molecule has 0 aliphatic carbocycles. The maximum Gasteiger partial charge on any atom is 0.269 e. The standard InChI is InChI=1S/C22H18ClN5O3/c1-11(2)28-10-13(8-14(23)22(28)31)18-17(12-6-4-3-5-7-12)27-21-19(26-18)16(29)9-15(25-21)20(24)30/h3-11H,1-2H3,(H2,24,30)(H,25,27,29). The molecule has 0 bridgehead atoms. The van der Waals surface area contributed by atoms with Gasteiger partial charge in [0.05, 0.1) is 11.4 Å². The van der Waals surface area contributed by atoms with Crippen LogP contribution in [0.15, 0.2) is 58.3 Å². The molecule has 0 aliphatic rings. The van der Waals surface area contributed by atoms with Gasteiger partial charge in [-0.2, -0.15) is 0 Å². The largest absolute Gasteiger partial charge is 0.364 e. The Morgan fingerprint density at radius 2 is 1.74 bits per heavy atom. The molecule has 0 saturated carbocycles. The molecule has 9 heteroatoms. The number of nitrogens with two attached hydrogens (primary N) is 1. The minimum atomic E-state index is -0.776. The summed E-state index contributed by atoms with van der Waals surface area (Å²) in [6.45, 7) is 3.73. The lowest BCUT2D eigenvalue weighted by Crippen LogP contribution is -2.22. The number of amides is 1. The van der Waals surface area contributed by atoms with Crippen LogP contribution in [-0.4, -0.2) is 25.4 Å². The molecule has 0 atom stereocenters. The van der Waals surface area contributed by atoms with Gasteiger partial charge in [-0.1, -0.05) is 41.9 Å². The van der Waals surface area contributed by atoms with Gasteiger partial charge in [0.1, 0.15) is 10.7 Å². The van der Waals surface area contributed by atoms with Gasteiger partial charge in [0.15, 0.2) is 11.2 Å². The van der Waals surface area contributed by atoms with E-state index in [0.717, 1.165) is 11.6 Å². The fraction of sp³-hybridized carbons (Fsp3) is 0.136. The highest BCUT2D eigenvalue weighted by Crippen LogP contribution is 2.31. The molecule has 4 rings (SSSR count). The first-order valence-electron chi connectivity index (χ1n) is 9.48. The first-order valence-corrected chi connectivity index (χ1v) is 9.86. The summed E-state index contributed by atoms with van der Waals surface area (Å²) in [6.07, 6.45) is 1.65. The predicted molar refractivity (Wildman–Crippen MR) is 119 cm³/mol. The van der Waals surface area contributed by atoms with Gasteiger partial charge in [0.2, 0.25) is 5.43 Å². The molecule has 3 heterocycles. The van der Waals surface area contributed by atoms with Gasteiger partial charge in [-0.05, 0) is 19.9 Å². The minimum Gasteiger partial charge on any atom is -0.364 e. The number of H-pyrrole nitrogens is 1. The Morgan fingerprint density at radius 3 is 2.39 bits per heavy atom. The van der Waals surface area contributed by atoms with Crippen LogP contribution in [0.25, 0.3) is 33.7 Å². The van der Waals surface area contributed by atoms with E-state index < -0.39 is 11.3 Å². The highest BCUT2D eigenvalue weighted by molar-refractivity contribution is 6.30. The van der Waals surface area contributed by atoms with Gasteiger partial charge in [-0.25, -0.2) is 9.97 Å². The summed E-state index contributed by atoms with van der Waals surface area (Å²) in [5, 5.41) is 0.0325. The Bertz CT molecular complexity index is 1440. The van der Waals surface area contributed by atoms with Crippen LogP contribution in [0, 0.1) is 0 Å². The van der Waals surface area contributed by atoms with Crippen molar-refractivity contribution in [3.8, 4) is 22.5 Å². The van der Waals surface area contributed by atoms with Crippen molar-refractivity contribution < 1.29 is 4.79 Å². The van der Waals surface area contributed by atoms with E-state index in [4.69, 9.17) is 17.3 Å². The number of halogens is 1. The number of primary amides is 1. The molecule has 0 saturated heterocycles. The van der Waals surface area contributed by atoms with E-state index in [1.165, 1.54) is 10.6 Å². The summed E-state index contributed by atoms with van der Waals surface area (Å²) < 4.78 is 1.50. The Morgan fingerprint density at radius 1 is 1.06 bits per heavy atom. The molecule has 0 fully saturated rings. The number of pyridine rings is 2. The molecule has 31 heavy (non-hydrogen) atoms. The summed E-state index contributed by atoms with van der Waals surface area (Å²) >= 11 is 6.22. The highest BCUT2D eigenvalue weighted by Gasteiger charge is 2.19. The molecule has 3 N–H and O–H groups in total. The summed E-state index contributed by atoms with van der Waals surface area (Å²) in [7, 11) is 0. The molecule has 0 aliphatic heterocycles. The normalized spacial score (nSPS) is 11.2. The Labute approximate surface area is 181 Å². The van der Waals surface area contributed by atoms with E-state index in [1.54, 1.807) is 6.20 Å². The third-order valence-electron chi connectivity index (χ3n) is 4.80. The van der Waals surface area contributed by atoms with E-state index in [2.05, 4.69) is 15.0 Å². The lowest BCUT2D eigenvalue weighted by atomic mass is 10.0.